The molecule has 0 atom stereocenters. The number of aromatic nitrogens is 3. The zero-order valence-electron chi connectivity index (χ0n) is 31.1. The molecule has 0 aliphatic heterocycles. The van der Waals surface area contributed by atoms with Crippen LogP contribution in [-0.4, -0.2) is 15.0 Å². The average Bonchev–Trinajstić information content (AvgIpc) is 3.19. The maximum absolute atomic E-state index is 4.41. The van der Waals surface area contributed by atoms with Gasteiger partial charge in [-0.3, -0.25) is 15.0 Å². The fourth-order valence-electron chi connectivity index (χ4n) is 5.46. The Kier molecular flexibility index (Phi) is 15.5. The molecule has 0 aliphatic rings. The summed E-state index contributed by atoms with van der Waals surface area (Å²) in [7, 11) is 0. The molecule has 0 amide bonds. The van der Waals surface area contributed by atoms with Gasteiger partial charge in [0.25, 0.3) is 0 Å². The Labute approximate surface area is 304 Å². The van der Waals surface area contributed by atoms with E-state index in [9.17, 15) is 0 Å². The molecule has 0 bridgehead atoms. The van der Waals surface area contributed by atoms with E-state index in [1.54, 1.807) is 0 Å². The number of pyridine rings is 3. The van der Waals surface area contributed by atoms with Gasteiger partial charge in [0.05, 0.1) is 16.6 Å². The van der Waals surface area contributed by atoms with Crippen LogP contribution < -0.4 is 0 Å². The van der Waals surface area contributed by atoms with Crippen molar-refractivity contribution in [2.75, 3.05) is 0 Å². The number of nitrogens with zero attached hydrogens (tertiary/aromatic N) is 3. The minimum atomic E-state index is 1.06. The van der Waals surface area contributed by atoms with Crippen LogP contribution in [0.25, 0.3) is 65.0 Å². The van der Waals surface area contributed by atoms with Crippen molar-refractivity contribution in [1.29, 1.82) is 0 Å². The summed E-state index contributed by atoms with van der Waals surface area (Å²) < 4.78 is 0. The quantitative estimate of drug-likeness (QED) is 0.151. The van der Waals surface area contributed by atoms with E-state index in [1.165, 1.54) is 67.7 Å². The van der Waals surface area contributed by atoms with Gasteiger partial charge in [0.1, 0.15) is 0 Å². The van der Waals surface area contributed by atoms with Crippen molar-refractivity contribution in [3.63, 3.8) is 0 Å². The first-order chi connectivity index (χ1) is 25.1. The van der Waals surface area contributed by atoms with Crippen LogP contribution in [-0.2, 0) is 0 Å². The van der Waals surface area contributed by atoms with Crippen molar-refractivity contribution in [3.05, 3.63) is 164 Å². The van der Waals surface area contributed by atoms with Gasteiger partial charge in [0, 0.05) is 45.5 Å². The molecule has 0 spiro atoms. The van der Waals surface area contributed by atoms with Crippen molar-refractivity contribution in [3.8, 4) is 0 Å². The third-order valence-corrected chi connectivity index (χ3v) is 7.51. The van der Waals surface area contributed by atoms with Gasteiger partial charge < -0.3 is 0 Å². The van der Waals surface area contributed by atoms with Gasteiger partial charge in [-0.05, 0) is 45.8 Å². The van der Waals surface area contributed by atoms with E-state index in [0.29, 0.717) is 0 Å². The van der Waals surface area contributed by atoms with E-state index in [0.717, 1.165) is 16.6 Å². The molecule has 0 fully saturated rings. The first-order valence-electron chi connectivity index (χ1n) is 18.3. The predicted octanol–water partition coefficient (Wildman–Crippen LogP) is 14.4. The zero-order chi connectivity index (χ0) is 36.3. The Morgan fingerprint density at radius 1 is 0.314 bits per heavy atom. The lowest BCUT2D eigenvalue weighted by atomic mass is 10.1. The third kappa shape index (κ3) is 10.4. The average molecular weight is 670 g/mol. The monoisotopic (exact) mass is 669 g/mol. The number of hydrogen-bond donors (Lipinski definition) is 0. The Bertz CT molecular complexity index is 1950. The SMILES string of the molecule is CCC.CCC.CCC.c1ccc2c(c1)ccc1cccnc12.c1ccc2c(c1)ccc1ncccc12.c1ccc2c(c1)cnc1ccccc12. The zero-order valence-corrected chi connectivity index (χ0v) is 31.1. The van der Waals surface area contributed by atoms with Crippen molar-refractivity contribution < 1.29 is 0 Å². The van der Waals surface area contributed by atoms with Crippen molar-refractivity contribution in [1.82, 2.24) is 15.0 Å². The molecule has 0 radical (unpaired) electrons. The maximum atomic E-state index is 4.41. The molecule has 3 aromatic heterocycles. The Balaban J connectivity index is 0.000000154. The minimum Gasteiger partial charge on any atom is -0.256 e. The number of hydrogen-bond acceptors (Lipinski definition) is 3. The van der Waals surface area contributed by atoms with E-state index in [2.05, 4.69) is 172 Å². The van der Waals surface area contributed by atoms with E-state index >= 15 is 0 Å². The van der Waals surface area contributed by atoms with E-state index < -0.39 is 0 Å². The highest BCUT2D eigenvalue weighted by Crippen LogP contribution is 2.25. The maximum Gasteiger partial charge on any atom is 0.0780 e. The summed E-state index contributed by atoms with van der Waals surface area (Å²) >= 11 is 0. The lowest BCUT2D eigenvalue weighted by Gasteiger charge is -2.01. The second kappa shape index (κ2) is 20.8. The Hall–Kier alpha value is -5.67. The standard InChI is InChI=1S/3C13H9N.3C3H8/c1-2-6-11-10(5-1)9-14-13-8-4-3-7-12(11)13;1-2-6-12-10(4-1)7-8-11-5-3-9-14-13(11)12;1-2-5-11-10(4-1)7-8-13-12(11)6-3-9-14-13;3*1-3-2/h3*1-9H;3*3H2,1-2H3. The molecule has 9 aromatic rings. The molecule has 9 rings (SSSR count). The number of benzene rings is 6. The van der Waals surface area contributed by atoms with Crippen LogP contribution in [0.5, 0.6) is 0 Å². The molecule has 0 saturated carbocycles. The van der Waals surface area contributed by atoms with Crippen LogP contribution in [0.2, 0.25) is 0 Å². The molecule has 3 heterocycles. The summed E-state index contributed by atoms with van der Waals surface area (Å²) in [6.45, 7) is 12.8. The summed E-state index contributed by atoms with van der Waals surface area (Å²) in [5.41, 5.74) is 3.21. The highest BCUT2D eigenvalue weighted by Gasteiger charge is 2.00. The predicted molar refractivity (Wildman–Crippen MR) is 226 cm³/mol. The van der Waals surface area contributed by atoms with Gasteiger partial charge in [0.2, 0.25) is 0 Å². The highest BCUT2D eigenvalue weighted by molar-refractivity contribution is 6.07. The summed E-state index contributed by atoms with van der Waals surface area (Å²) in [5.74, 6) is 0. The van der Waals surface area contributed by atoms with E-state index in [1.807, 2.05) is 48.9 Å². The highest BCUT2D eigenvalue weighted by atomic mass is 14.7. The Morgan fingerprint density at radius 2 is 0.706 bits per heavy atom. The number of para-hydroxylation sites is 1. The number of fused-ring (bicyclic) bond motifs is 9. The Morgan fingerprint density at radius 3 is 1.37 bits per heavy atom. The fraction of sp³-hybridized carbons (Fsp3) is 0.188. The second-order valence-electron chi connectivity index (χ2n) is 12.2. The molecule has 0 saturated heterocycles. The van der Waals surface area contributed by atoms with Gasteiger partial charge in [-0.1, -0.05) is 182 Å². The minimum absolute atomic E-state index is 1.06. The first kappa shape index (κ1) is 38.1. The van der Waals surface area contributed by atoms with Crippen LogP contribution in [0.15, 0.2) is 164 Å². The normalized spacial score (nSPS) is 10.0. The molecule has 0 unspecified atom stereocenters. The fourth-order valence-corrected chi connectivity index (χ4v) is 5.46. The third-order valence-electron chi connectivity index (χ3n) is 7.51. The van der Waals surface area contributed by atoms with E-state index in [-0.39, 0.29) is 0 Å². The van der Waals surface area contributed by atoms with Gasteiger partial charge in [0.15, 0.2) is 0 Å². The smallest absolute Gasteiger partial charge is 0.0780 e. The largest absolute Gasteiger partial charge is 0.256 e. The summed E-state index contributed by atoms with van der Waals surface area (Å²) in [6.07, 6.45) is 9.35. The van der Waals surface area contributed by atoms with Crippen LogP contribution in [0.3, 0.4) is 0 Å². The second-order valence-corrected chi connectivity index (χ2v) is 12.2. The van der Waals surface area contributed by atoms with Crippen molar-refractivity contribution in [2.24, 2.45) is 0 Å². The summed E-state index contributed by atoms with van der Waals surface area (Å²) in [6, 6.07) is 49.9. The van der Waals surface area contributed by atoms with E-state index in [4.69, 9.17) is 0 Å². The topological polar surface area (TPSA) is 38.7 Å². The summed E-state index contributed by atoms with van der Waals surface area (Å²) in [5, 5.41) is 11.2. The van der Waals surface area contributed by atoms with Gasteiger partial charge in [-0.2, -0.15) is 0 Å². The molecular formula is C48H51N3. The summed E-state index contributed by atoms with van der Waals surface area (Å²) in [4.78, 5) is 13.2. The lowest BCUT2D eigenvalue weighted by molar-refractivity contribution is 1.09. The van der Waals surface area contributed by atoms with Crippen molar-refractivity contribution >= 4 is 65.0 Å². The molecular weight excluding hydrogens is 619 g/mol. The molecule has 0 aliphatic carbocycles. The number of rotatable bonds is 0. The lowest BCUT2D eigenvalue weighted by Crippen LogP contribution is -1.80. The molecule has 3 heteroatoms. The van der Waals surface area contributed by atoms with Crippen LogP contribution >= 0.6 is 0 Å². The van der Waals surface area contributed by atoms with Crippen LogP contribution in [0, 0.1) is 0 Å². The van der Waals surface area contributed by atoms with Gasteiger partial charge in [-0.15, -0.1) is 0 Å². The first-order valence-corrected chi connectivity index (χ1v) is 18.3. The molecule has 6 aromatic carbocycles. The van der Waals surface area contributed by atoms with Crippen LogP contribution in [0.1, 0.15) is 60.8 Å². The van der Waals surface area contributed by atoms with Crippen molar-refractivity contribution in [2.45, 2.75) is 60.8 Å². The molecule has 0 N–H and O–H groups in total. The molecule has 51 heavy (non-hydrogen) atoms. The molecule has 258 valence electrons. The van der Waals surface area contributed by atoms with Crippen LogP contribution in [0.4, 0.5) is 0 Å². The van der Waals surface area contributed by atoms with Gasteiger partial charge >= 0.3 is 0 Å². The molecule has 3 nitrogen and oxygen atoms in total. The van der Waals surface area contributed by atoms with Gasteiger partial charge in [-0.25, -0.2) is 0 Å².